The molecule has 0 spiro atoms. The van der Waals surface area contributed by atoms with E-state index in [1.54, 1.807) is 0 Å². The van der Waals surface area contributed by atoms with Crippen LogP contribution in [0.25, 0.3) is 0 Å². The SMILES string of the molecule is c1ccc2c(c1)CCCCN2CCNC1CCOCC1. The van der Waals surface area contributed by atoms with E-state index in [9.17, 15) is 0 Å². The highest BCUT2D eigenvalue weighted by molar-refractivity contribution is 5.54. The van der Waals surface area contributed by atoms with Gasteiger partial charge in [-0.15, -0.1) is 0 Å². The predicted octanol–water partition coefficient (Wildman–Crippen LogP) is 2.60. The molecule has 0 radical (unpaired) electrons. The molecule has 1 aromatic rings. The summed E-state index contributed by atoms with van der Waals surface area (Å²) in [5.74, 6) is 0. The number of nitrogens with zero attached hydrogens (tertiary/aromatic N) is 1. The molecule has 1 saturated heterocycles. The zero-order valence-electron chi connectivity index (χ0n) is 12.3. The van der Waals surface area contributed by atoms with E-state index in [1.807, 2.05) is 0 Å². The van der Waals surface area contributed by atoms with Crippen LogP contribution < -0.4 is 10.2 Å². The molecule has 3 heteroatoms. The number of aryl methyl sites for hydroxylation is 1. The van der Waals surface area contributed by atoms with Crippen molar-refractivity contribution >= 4 is 5.69 Å². The van der Waals surface area contributed by atoms with Gasteiger partial charge in [-0.2, -0.15) is 0 Å². The zero-order valence-corrected chi connectivity index (χ0v) is 12.3. The summed E-state index contributed by atoms with van der Waals surface area (Å²) in [6.45, 7) is 5.24. The molecule has 0 aromatic heterocycles. The van der Waals surface area contributed by atoms with Crippen LogP contribution in [0.15, 0.2) is 24.3 Å². The third kappa shape index (κ3) is 3.53. The molecule has 2 aliphatic heterocycles. The second-order valence-electron chi connectivity index (χ2n) is 5.91. The van der Waals surface area contributed by atoms with Crippen LogP contribution in [0, 0.1) is 0 Å². The van der Waals surface area contributed by atoms with Crippen molar-refractivity contribution in [2.24, 2.45) is 0 Å². The first-order valence-electron chi connectivity index (χ1n) is 8.07. The quantitative estimate of drug-likeness (QED) is 0.913. The summed E-state index contributed by atoms with van der Waals surface area (Å²) in [4.78, 5) is 2.56. The van der Waals surface area contributed by atoms with Crippen LogP contribution >= 0.6 is 0 Å². The molecule has 1 aromatic carbocycles. The van der Waals surface area contributed by atoms with E-state index in [1.165, 1.54) is 37.1 Å². The van der Waals surface area contributed by atoms with Gasteiger partial charge in [0, 0.05) is 44.6 Å². The largest absolute Gasteiger partial charge is 0.381 e. The molecule has 0 amide bonds. The summed E-state index contributed by atoms with van der Waals surface area (Å²) in [7, 11) is 0. The van der Waals surface area contributed by atoms with Crippen LogP contribution in [-0.4, -0.2) is 38.9 Å². The van der Waals surface area contributed by atoms with Crippen molar-refractivity contribution in [1.29, 1.82) is 0 Å². The van der Waals surface area contributed by atoms with Crippen LogP contribution in [0.3, 0.4) is 0 Å². The van der Waals surface area contributed by atoms with Crippen LogP contribution in [0.2, 0.25) is 0 Å². The summed E-state index contributed by atoms with van der Waals surface area (Å²) < 4.78 is 5.41. The highest BCUT2D eigenvalue weighted by atomic mass is 16.5. The van der Waals surface area contributed by atoms with Crippen LogP contribution in [0.1, 0.15) is 31.2 Å². The number of hydrogen-bond donors (Lipinski definition) is 1. The van der Waals surface area contributed by atoms with Crippen molar-refractivity contribution < 1.29 is 4.74 Å². The van der Waals surface area contributed by atoms with Gasteiger partial charge in [-0.25, -0.2) is 0 Å². The molecule has 0 unspecified atom stereocenters. The minimum Gasteiger partial charge on any atom is -0.381 e. The third-order valence-electron chi connectivity index (χ3n) is 4.49. The Morgan fingerprint density at radius 1 is 1.15 bits per heavy atom. The number of rotatable bonds is 4. The van der Waals surface area contributed by atoms with Crippen LogP contribution in [0.5, 0.6) is 0 Å². The number of para-hydroxylation sites is 1. The van der Waals surface area contributed by atoms with E-state index >= 15 is 0 Å². The second-order valence-corrected chi connectivity index (χ2v) is 5.91. The van der Waals surface area contributed by atoms with E-state index in [0.717, 1.165) is 39.1 Å². The number of nitrogens with one attached hydrogen (secondary N) is 1. The topological polar surface area (TPSA) is 24.5 Å². The van der Waals surface area contributed by atoms with Crippen molar-refractivity contribution in [1.82, 2.24) is 5.32 Å². The van der Waals surface area contributed by atoms with Gasteiger partial charge in [0.1, 0.15) is 0 Å². The Morgan fingerprint density at radius 3 is 2.90 bits per heavy atom. The molecule has 1 fully saturated rings. The monoisotopic (exact) mass is 274 g/mol. The molecule has 2 heterocycles. The van der Waals surface area contributed by atoms with E-state index in [2.05, 4.69) is 34.5 Å². The highest BCUT2D eigenvalue weighted by Gasteiger charge is 2.16. The Hall–Kier alpha value is -1.06. The molecule has 0 atom stereocenters. The first-order valence-corrected chi connectivity index (χ1v) is 8.07. The predicted molar refractivity (Wildman–Crippen MR) is 83.4 cm³/mol. The van der Waals surface area contributed by atoms with Gasteiger partial charge in [0.15, 0.2) is 0 Å². The maximum absolute atomic E-state index is 5.41. The molecular weight excluding hydrogens is 248 g/mol. The number of anilines is 1. The van der Waals surface area contributed by atoms with Crippen molar-refractivity contribution in [3.8, 4) is 0 Å². The molecular formula is C17H26N2O. The van der Waals surface area contributed by atoms with Gasteiger partial charge in [-0.3, -0.25) is 0 Å². The Bertz CT molecular complexity index is 415. The van der Waals surface area contributed by atoms with Crippen molar-refractivity contribution in [2.75, 3.05) is 37.7 Å². The summed E-state index contributed by atoms with van der Waals surface area (Å²) in [5, 5.41) is 3.70. The van der Waals surface area contributed by atoms with Crippen molar-refractivity contribution in [3.05, 3.63) is 29.8 Å². The summed E-state index contributed by atoms with van der Waals surface area (Å²) >= 11 is 0. The smallest absolute Gasteiger partial charge is 0.0480 e. The summed E-state index contributed by atoms with van der Waals surface area (Å²) in [6.07, 6.45) is 6.19. The van der Waals surface area contributed by atoms with E-state index in [4.69, 9.17) is 4.74 Å². The van der Waals surface area contributed by atoms with Gasteiger partial charge in [-0.05, 0) is 43.7 Å². The lowest BCUT2D eigenvalue weighted by Gasteiger charge is -2.28. The molecule has 110 valence electrons. The number of benzene rings is 1. The molecule has 2 aliphatic rings. The van der Waals surface area contributed by atoms with E-state index < -0.39 is 0 Å². The summed E-state index contributed by atoms with van der Waals surface area (Å²) in [5.41, 5.74) is 2.98. The molecule has 0 saturated carbocycles. The lowest BCUT2D eigenvalue weighted by molar-refractivity contribution is 0.0783. The van der Waals surface area contributed by atoms with Crippen LogP contribution in [-0.2, 0) is 11.2 Å². The molecule has 3 nitrogen and oxygen atoms in total. The van der Waals surface area contributed by atoms with Gasteiger partial charge in [-0.1, -0.05) is 18.2 Å². The standard InChI is InChI=1S/C17H26N2O/c1-2-7-17-15(5-1)6-3-4-11-19(17)12-10-18-16-8-13-20-14-9-16/h1-2,5,7,16,18H,3-4,6,8-14H2. The van der Waals surface area contributed by atoms with E-state index in [-0.39, 0.29) is 0 Å². The van der Waals surface area contributed by atoms with Gasteiger partial charge >= 0.3 is 0 Å². The molecule has 0 aliphatic carbocycles. The first-order chi connectivity index (χ1) is 9.93. The number of ether oxygens (including phenoxy) is 1. The fraction of sp³-hybridized carbons (Fsp3) is 0.647. The number of hydrogen-bond acceptors (Lipinski definition) is 3. The average molecular weight is 274 g/mol. The first kappa shape index (κ1) is 13.9. The lowest BCUT2D eigenvalue weighted by Crippen LogP contribution is -2.40. The third-order valence-corrected chi connectivity index (χ3v) is 4.49. The van der Waals surface area contributed by atoms with Gasteiger partial charge < -0.3 is 15.0 Å². The Balaban J connectivity index is 1.54. The van der Waals surface area contributed by atoms with Gasteiger partial charge in [0.05, 0.1) is 0 Å². The van der Waals surface area contributed by atoms with Gasteiger partial charge in [0.25, 0.3) is 0 Å². The van der Waals surface area contributed by atoms with Crippen molar-refractivity contribution in [2.45, 2.75) is 38.1 Å². The van der Waals surface area contributed by atoms with E-state index in [0.29, 0.717) is 6.04 Å². The maximum Gasteiger partial charge on any atom is 0.0480 e. The molecule has 3 rings (SSSR count). The molecule has 1 N–H and O–H groups in total. The van der Waals surface area contributed by atoms with Gasteiger partial charge in [0.2, 0.25) is 0 Å². The zero-order chi connectivity index (χ0) is 13.6. The second kappa shape index (κ2) is 7.09. The van der Waals surface area contributed by atoms with Crippen molar-refractivity contribution in [3.63, 3.8) is 0 Å². The van der Waals surface area contributed by atoms with Crippen LogP contribution in [0.4, 0.5) is 5.69 Å². The Labute approximate surface area is 122 Å². The maximum atomic E-state index is 5.41. The fourth-order valence-corrected chi connectivity index (χ4v) is 3.31. The highest BCUT2D eigenvalue weighted by Crippen LogP contribution is 2.25. The Kier molecular flexibility index (Phi) is 4.93. The average Bonchev–Trinajstić information content (AvgIpc) is 2.71. The lowest BCUT2D eigenvalue weighted by atomic mass is 10.1. The molecule has 20 heavy (non-hydrogen) atoms. The minimum atomic E-state index is 0.658. The molecule has 0 bridgehead atoms. The minimum absolute atomic E-state index is 0.658. The number of fused-ring (bicyclic) bond motifs is 1. The fourth-order valence-electron chi connectivity index (χ4n) is 3.31. The normalized spacial score (nSPS) is 20.5. The Morgan fingerprint density at radius 2 is 2.00 bits per heavy atom. The summed E-state index contributed by atoms with van der Waals surface area (Å²) in [6, 6.07) is 9.58.